The molecule has 0 bridgehead atoms. The molecule has 20 heavy (non-hydrogen) atoms. The molecular formula is C18H28OSi. The predicted molar refractivity (Wildman–Crippen MR) is 91.4 cm³/mol. The zero-order valence-corrected chi connectivity index (χ0v) is 14.8. The van der Waals surface area contributed by atoms with Crippen LogP contribution in [0.4, 0.5) is 0 Å². The lowest BCUT2D eigenvalue weighted by Gasteiger charge is -2.19. The molecule has 1 nitrogen and oxygen atoms in total. The molecule has 0 saturated heterocycles. The number of hydrogen-bond acceptors (Lipinski definition) is 1. The Kier molecular flexibility index (Phi) is 5.40. The Morgan fingerprint density at radius 1 is 1.20 bits per heavy atom. The molecule has 0 aromatic heterocycles. The summed E-state index contributed by atoms with van der Waals surface area (Å²) in [7, 11) is -1.70. The van der Waals surface area contributed by atoms with Gasteiger partial charge in [0.1, 0.15) is 0 Å². The first kappa shape index (κ1) is 16.8. The van der Waals surface area contributed by atoms with Gasteiger partial charge in [0.25, 0.3) is 8.32 Å². The van der Waals surface area contributed by atoms with Crippen molar-refractivity contribution in [1.29, 1.82) is 0 Å². The number of benzene rings is 1. The molecule has 0 aliphatic rings. The van der Waals surface area contributed by atoms with Crippen molar-refractivity contribution in [2.45, 2.75) is 52.6 Å². The second-order valence-corrected chi connectivity index (χ2v) is 10.9. The molecule has 0 saturated carbocycles. The van der Waals surface area contributed by atoms with Crippen LogP contribution in [0.15, 0.2) is 48.4 Å². The molecule has 0 unspecified atom stereocenters. The largest absolute Gasteiger partial charge is 0.546 e. The first-order valence-electron chi connectivity index (χ1n) is 7.20. The molecule has 0 amide bonds. The third-order valence-electron chi connectivity index (χ3n) is 3.36. The van der Waals surface area contributed by atoms with Gasteiger partial charge in [0.15, 0.2) is 0 Å². The van der Waals surface area contributed by atoms with Crippen molar-refractivity contribution in [3.8, 4) is 0 Å². The van der Waals surface area contributed by atoms with Gasteiger partial charge in [-0.25, -0.2) is 0 Å². The highest BCUT2D eigenvalue weighted by atomic mass is 28.4. The average molecular weight is 289 g/mol. The van der Waals surface area contributed by atoms with Gasteiger partial charge >= 0.3 is 0 Å². The molecule has 0 heterocycles. The van der Waals surface area contributed by atoms with E-state index in [9.17, 15) is 0 Å². The molecule has 0 N–H and O–H groups in total. The molecule has 2 heteroatoms. The lowest BCUT2D eigenvalue weighted by molar-refractivity contribution is 0.477. The van der Waals surface area contributed by atoms with Crippen molar-refractivity contribution in [3.63, 3.8) is 0 Å². The van der Waals surface area contributed by atoms with E-state index in [0.717, 1.165) is 6.42 Å². The standard InChI is InChI=1S/C18H28OSi/c1-8-20(6,7)19-14-15(2)13-16-9-11-17(12-10-16)18(3,4)5/h8-12,14H,1,13H2,2-7H3. The van der Waals surface area contributed by atoms with Crippen molar-refractivity contribution in [2.24, 2.45) is 0 Å². The van der Waals surface area contributed by atoms with E-state index in [1.165, 1.54) is 16.7 Å². The summed E-state index contributed by atoms with van der Waals surface area (Å²) >= 11 is 0. The van der Waals surface area contributed by atoms with E-state index in [1.807, 2.05) is 12.0 Å². The van der Waals surface area contributed by atoms with Gasteiger partial charge in [-0.2, -0.15) is 0 Å². The van der Waals surface area contributed by atoms with Gasteiger partial charge in [-0.3, -0.25) is 0 Å². The highest BCUT2D eigenvalue weighted by Gasteiger charge is 2.17. The van der Waals surface area contributed by atoms with Crippen LogP contribution < -0.4 is 0 Å². The van der Waals surface area contributed by atoms with Crippen LogP contribution in [0.2, 0.25) is 13.1 Å². The SMILES string of the molecule is C=C[Si](C)(C)OC=C(C)Cc1ccc(C(C)(C)C)cc1. The van der Waals surface area contributed by atoms with Gasteiger partial charge < -0.3 is 4.43 Å². The normalized spacial score (nSPS) is 13.2. The van der Waals surface area contributed by atoms with E-state index >= 15 is 0 Å². The summed E-state index contributed by atoms with van der Waals surface area (Å²) in [6.45, 7) is 16.9. The van der Waals surface area contributed by atoms with Gasteiger partial charge in [-0.15, -0.1) is 6.58 Å². The van der Waals surface area contributed by atoms with E-state index in [2.05, 4.69) is 71.6 Å². The molecule has 0 spiro atoms. The lowest BCUT2D eigenvalue weighted by atomic mass is 9.86. The minimum Gasteiger partial charge on any atom is -0.546 e. The molecular weight excluding hydrogens is 260 g/mol. The molecule has 1 rings (SSSR count). The van der Waals surface area contributed by atoms with Gasteiger partial charge in [-0.1, -0.05) is 50.7 Å². The zero-order chi connectivity index (χ0) is 15.4. The summed E-state index contributed by atoms with van der Waals surface area (Å²) in [5.74, 6) is 0. The van der Waals surface area contributed by atoms with Crippen LogP contribution in [0, 0.1) is 0 Å². The average Bonchev–Trinajstić information content (AvgIpc) is 2.36. The summed E-state index contributed by atoms with van der Waals surface area (Å²) in [4.78, 5) is 0. The monoisotopic (exact) mass is 288 g/mol. The first-order valence-corrected chi connectivity index (χ1v) is 10.2. The fourth-order valence-corrected chi connectivity index (χ4v) is 2.39. The summed E-state index contributed by atoms with van der Waals surface area (Å²) in [5, 5.41) is 0. The highest BCUT2D eigenvalue weighted by Crippen LogP contribution is 2.22. The zero-order valence-electron chi connectivity index (χ0n) is 13.8. The molecule has 0 fully saturated rings. The summed E-state index contributed by atoms with van der Waals surface area (Å²) in [6.07, 6.45) is 2.84. The van der Waals surface area contributed by atoms with E-state index in [-0.39, 0.29) is 5.41 Å². The Bertz CT molecular complexity index is 475. The third kappa shape index (κ3) is 5.38. The molecule has 0 aliphatic carbocycles. The van der Waals surface area contributed by atoms with E-state index in [4.69, 9.17) is 4.43 Å². The molecule has 0 atom stereocenters. The molecule has 110 valence electrons. The van der Waals surface area contributed by atoms with Gasteiger partial charge in [0.2, 0.25) is 0 Å². The van der Waals surface area contributed by atoms with E-state index < -0.39 is 8.32 Å². The second-order valence-electron chi connectivity index (χ2n) is 7.01. The molecule has 1 aromatic rings. The minimum atomic E-state index is -1.70. The van der Waals surface area contributed by atoms with Crippen molar-refractivity contribution >= 4 is 8.32 Å². The Morgan fingerprint density at radius 2 is 1.75 bits per heavy atom. The van der Waals surface area contributed by atoms with Crippen molar-refractivity contribution < 1.29 is 4.43 Å². The van der Waals surface area contributed by atoms with Crippen molar-refractivity contribution in [1.82, 2.24) is 0 Å². The maximum atomic E-state index is 5.85. The first-order chi connectivity index (χ1) is 9.14. The summed E-state index contributed by atoms with van der Waals surface area (Å²) in [6, 6.07) is 8.89. The smallest absolute Gasteiger partial charge is 0.268 e. The Balaban J connectivity index is 2.69. The van der Waals surface area contributed by atoms with Gasteiger partial charge in [0.05, 0.1) is 6.26 Å². The molecule has 0 radical (unpaired) electrons. The third-order valence-corrected chi connectivity index (χ3v) is 5.07. The minimum absolute atomic E-state index is 0.214. The Labute approximate surface area is 125 Å². The number of rotatable bonds is 5. The fraction of sp³-hybridized carbons (Fsp3) is 0.444. The molecule has 0 aliphatic heterocycles. The van der Waals surface area contributed by atoms with Crippen LogP contribution in [-0.2, 0) is 16.3 Å². The Morgan fingerprint density at radius 3 is 2.20 bits per heavy atom. The number of allylic oxidation sites excluding steroid dienone is 1. The van der Waals surface area contributed by atoms with Crippen LogP contribution in [0.25, 0.3) is 0 Å². The van der Waals surface area contributed by atoms with Crippen LogP contribution in [0.5, 0.6) is 0 Å². The van der Waals surface area contributed by atoms with E-state index in [1.54, 1.807) is 0 Å². The Hall–Kier alpha value is -1.28. The topological polar surface area (TPSA) is 9.23 Å². The second kappa shape index (κ2) is 6.44. The van der Waals surface area contributed by atoms with Gasteiger partial charge in [0, 0.05) is 0 Å². The van der Waals surface area contributed by atoms with Crippen molar-refractivity contribution in [2.75, 3.05) is 0 Å². The predicted octanol–water partition coefficient (Wildman–Crippen LogP) is 5.38. The van der Waals surface area contributed by atoms with Crippen LogP contribution in [0.1, 0.15) is 38.8 Å². The maximum absolute atomic E-state index is 5.85. The quantitative estimate of drug-likeness (QED) is 0.522. The lowest BCUT2D eigenvalue weighted by Crippen LogP contribution is -2.24. The number of hydrogen-bond donors (Lipinski definition) is 0. The van der Waals surface area contributed by atoms with Crippen molar-refractivity contribution in [3.05, 3.63) is 59.5 Å². The fourth-order valence-electron chi connectivity index (χ4n) is 1.79. The van der Waals surface area contributed by atoms with Gasteiger partial charge in [-0.05, 0) is 48.6 Å². The van der Waals surface area contributed by atoms with E-state index in [0.29, 0.717) is 0 Å². The maximum Gasteiger partial charge on any atom is 0.268 e. The van der Waals surface area contributed by atoms with Crippen LogP contribution in [-0.4, -0.2) is 8.32 Å². The molecule has 1 aromatic carbocycles. The summed E-state index contributed by atoms with van der Waals surface area (Å²) in [5.41, 5.74) is 6.12. The van der Waals surface area contributed by atoms with Crippen LogP contribution >= 0.6 is 0 Å². The summed E-state index contributed by atoms with van der Waals surface area (Å²) < 4.78 is 5.85. The van der Waals surface area contributed by atoms with Crippen LogP contribution in [0.3, 0.4) is 0 Å². The highest BCUT2D eigenvalue weighted by molar-refractivity contribution is 6.76.